The average Bonchev–Trinajstić information content (AvgIpc) is 3.25. The third-order valence-corrected chi connectivity index (χ3v) is 4.81. The number of ether oxygens (including phenoxy) is 2. The van der Waals surface area contributed by atoms with E-state index in [-0.39, 0.29) is 18.1 Å². The van der Waals surface area contributed by atoms with Crippen molar-refractivity contribution in [1.29, 1.82) is 0 Å². The van der Waals surface area contributed by atoms with Gasteiger partial charge in [-0.2, -0.15) is 5.10 Å². The zero-order chi connectivity index (χ0) is 17.1. The summed E-state index contributed by atoms with van der Waals surface area (Å²) in [4.78, 5) is 16.9. The molecule has 1 fully saturated rings. The number of nitrogens with one attached hydrogen (secondary N) is 2. The second kappa shape index (κ2) is 7.33. The largest absolute Gasteiger partial charge is 0.379 e. The Balaban J connectivity index is 1.39. The van der Waals surface area contributed by atoms with E-state index in [2.05, 4.69) is 20.5 Å². The van der Waals surface area contributed by atoms with Gasteiger partial charge in [-0.3, -0.25) is 14.9 Å². The third-order valence-electron chi connectivity index (χ3n) is 4.81. The van der Waals surface area contributed by atoms with Gasteiger partial charge in [-0.05, 0) is 37.8 Å². The molecule has 2 aliphatic rings. The van der Waals surface area contributed by atoms with Gasteiger partial charge in [0.15, 0.2) is 5.69 Å². The predicted molar refractivity (Wildman–Crippen MR) is 90.1 cm³/mol. The molecule has 2 aromatic heterocycles. The van der Waals surface area contributed by atoms with Gasteiger partial charge in [-0.15, -0.1) is 0 Å². The molecule has 0 bridgehead atoms. The maximum absolute atomic E-state index is 12.7. The molecule has 2 N–H and O–H groups in total. The minimum atomic E-state index is -0.188. The second-order valence-corrected chi connectivity index (χ2v) is 6.50. The Morgan fingerprint density at radius 3 is 3.24 bits per heavy atom. The number of aromatic nitrogens is 3. The fraction of sp³-hybridized carbons (Fsp3) is 0.500. The Hall–Kier alpha value is -2.25. The summed E-state index contributed by atoms with van der Waals surface area (Å²) in [6, 6.07) is 5.64. The highest BCUT2D eigenvalue weighted by Gasteiger charge is 2.30. The number of carbonyl (C=O) groups excluding carboxylic acids is 1. The molecular formula is C18H22N4O3. The fourth-order valence-corrected chi connectivity index (χ4v) is 3.46. The lowest BCUT2D eigenvalue weighted by Gasteiger charge is -2.31. The van der Waals surface area contributed by atoms with Crippen molar-refractivity contribution in [2.45, 2.75) is 44.4 Å². The lowest BCUT2D eigenvalue weighted by Crippen LogP contribution is -2.50. The minimum absolute atomic E-state index is 0.0845. The fourth-order valence-electron chi connectivity index (χ4n) is 3.46. The molecule has 1 aliphatic heterocycles. The molecule has 7 heteroatoms. The molecule has 132 valence electrons. The topological polar surface area (TPSA) is 89.1 Å². The van der Waals surface area contributed by atoms with E-state index in [9.17, 15) is 4.79 Å². The molecular weight excluding hydrogens is 320 g/mol. The van der Waals surface area contributed by atoms with Crippen molar-refractivity contribution in [3.8, 4) is 0 Å². The molecule has 0 saturated carbocycles. The second-order valence-electron chi connectivity index (χ2n) is 6.50. The Morgan fingerprint density at radius 2 is 2.36 bits per heavy atom. The first-order valence-corrected chi connectivity index (χ1v) is 8.77. The number of carbonyl (C=O) groups is 1. The predicted octanol–water partition coefficient (Wildman–Crippen LogP) is 1.40. The van der Waals surface area contributed by atoms with E-state index in [1.165, 1.54) is 0 Å². The molecule has 1 aliphatic carbocycles. The Morgan fingerprint density at radius 1 is 1.40 bits per heavy atom. The number of nitrogens with zero attached hydrogens (tertiary/aromatic N) is 2. The van der Waals surface area contributed by atoms with Crippen LogP contribution in [-0.2, 0) is 28.9 Å². The molecule has 7 nitrogen and oxygen atoms in total. The standard InChI is InChI=1S/C18H22N4O3/c23-18(17-13-5-3-6-14(13)21-22-17)20-15-7-9-24-11-16(15)25-10-12-4-1-2-8-19-12/h1-2,4,8,15-16H,3,5-7,9-11H2,(H,20,23)(H,21,22). The molecule has 2 unspecified atom stereocenters. The van der Waals surface area contributed by atoms with Gasteiger partial charge in [0.25, 0.3) is 5.91 Å². The molecule has 0 spiro atoms. The van der Waals surface area contributed by atoms with E-state index in [4.69, 9.17) is 9.47 Å². The van der Waals surface area contributed by atoms with Crippen LogP contribution in [0.5, 0.6) is 0 Å². The van der Waals surface area contributed by atoms with Crippen molar-refractivity contribution in [3.63, 3.8) is 0 Å². The molecule has 1 amide bonds. The van der Waals surface area contributed by atoms with Crippen LogP contribution in [0.1, 0.15) is 40.3 Å². The van der Waals surface area contributed by atoms with E-state index < -0.39 is 0 Å². The van der Waals surface area contributed by atoms with E-state index in [0.29, 0.717) is 25.5 Å². The van der Waals surface area contributed by atoms with Crippen molar-refractivity contribution in [3.05, 3.63) is 47.0 Å². The van der Waals surface area contributed by atoms with E-state index in [1.54, 1.807) is 6.20 Å². The van der Waals surface area contributed by atoms with Crippen LogP contribution in [0.25, 0.3) is 0 Å². The maximum Gasteiger partial charge on any atom is 0.272 e. The smallest absolute Gasteiger partial charge is 0.272 e. The number of amides is 1. The Labute approximate surface area is 146 Å². The van der Waals surface area contributed by atoms with E-state index >= 15 is 0 Å². The number of aryl methyl sites for hydroxylation is 1. The molecule has 0 aromatic carbocycles. The summed E-state index contributed by atoms with van der Waals surface area (Å²) in [5.74, 6) is -0.127. The van der Waals surface area contributed by atoms with Gasteiger partial charge in [0, 0.05) is 24.1 Å². The van der Waals surface area contributed by atoms with Gasteiger partial charge in [-0.25, -0.2) is 0 Å². The van der Waals surface area contributed by atoms with Crippen LogP contribution in [0, 0.1) is 0 Å². The van der Waals surface area contributed by atoms with Crippen LogP contribution in [0.4, 0.5) is 0 Å². The van der Waals surface area contributed by atoms with E-state index in [0.717, 1.165) is 42.6 Å². The van der Waals surface area contributed by atoms with Crippen LogP contribution in [0.15, 0.2) is 24.4 Å². The van der Waals surface area contributed by atoms with Gasteiger partial charge >= 0.3 is 0 Å². The molecule has 2 atom stereocenters. The highest BCUT2D eigenvalue weighted by molar-refractivity contribution is 5.94. The first kappa shape index (κ1) is 16.2. The monoisotopic (exact) mass is 342 g/mol. The summed E-state index contributed by atoms with van der Waals surface area (Å²) in [5.41, 5.74) is 3.56. The van der Waals surface area contributed by atoms with Crippen LogP contribution >= 0.6 is 0 Å². The number of rotatable bonds is 5. The van der Waals surface area contributed by atoms with Gasteiger partial charge in [0.2, 0.25) is 0 Å². The summed E-state index contributed by atoms with van der Waals surface area (Å²) in [7, 11) is 0. The average molecular weight is 342 g/mol. The van der Waals surface area contributed by atoms with Crippen molar-refractivity contribution in [2.75, 3.05) is 13.2 Å². The zero-order valence-corrected chi connectivity index (χ0v) is 14.0. The first-order chi connectivity index (χ1) is 12.3. The summed E-state index contributed by atoms with van der Waals surface area (Å²) >= 11 is 0. The molecule has 0 radical (unpaired) electrons. The van der Waals surface area contributed by atoms with Crippen molar-refractivity contribution in [1.82, 2.24) is 20.5 Å². The molecule has 25 heavy (non-hydrogen) atoms. The molecule has 1 saturated heterocycles. The van der Waals surface area contributed by atoms with Crippen LogP contribution < -0.4 is 5.32 Å². The van der Waals surface area contributed by atoms with Crippen molar-refractivity contribution in [2.24, 2.45) is 0 Å². The van der Waals surface area contributed by atoms with Gasteiger partial charge < -0.3 is 14.8 Å². The van der Waals surface area contributed by atoms with E-state index in [1.807, 2.05) is 18.2 Å². The number of pyridine rings is 1. The highest BCUT2D eigenvalue weighted by atomic mass is 16.5. The quantitative estimate of drug-likeness (QED) is 0.857. The Bertz CT molecular complexity index is 731. The highest BCUT2D eigenvalue weighted by Crippen LogP contribution is 2.23. The number of hydrogen-bond donors (Lipinski definition) is 2. The third kappa shape index (κ3) is 3.57. The lowest BCUT2D eigenvalue weighted by molar-refractivity contribution is -0.0743. The first-order valence-electron chi connectivity index (χ1n) is 8.77. The summed E-state index contributed by atoms with van der Waals surface area (Å²) < 4.78 is 11.5. The SMILES string of the molecule is O=C(NC1CCOCC1OCc1ccccn1)c1n[nH]c2c1CCC2. The van der Waals surface area contributed by atoms with Gasteiger partial charge in [0.05, 0.1) is 24.9 Å². The molecule has 4 rings (SSSR count). The number of fused-ring (bicyclic) bond motifs is 1. The van der Waals surface area contributed by atoms with Gasteiger partial charge in [-0.1, -0.05) is 6.07 Å². The van der Waals surface area contributed by atoms with Crippen LogP contribution in [0.3, 0.4) is 0 Å². The van der Waals surface area contributed by atoms with Crippen LogP contribution in [-0.4, -0.2) is 46.4 Å². The summed E-state index contributed by atoms with van der Waals surface area (Å²) in [5, 5.41) is 10.3. The maximum atomic E-state index is 12.7. The molecule has 3 heterocycles. The number of H-pyrrole nitrogens is 1. The number of aromatic amines is 1. The van der Waals surface area contributed by atoms with Crippen LogP contribution in [0.2, 0.25) is 0 Å². The Kier molecular flexibility index (Phi) is 4.76. The minimum Gasteiger partial charge on any atom is -0.379 e. The lowest BCUT2D eigenvalue weighted by atomic mass is 10.1. The van der Waals surface area contributed by atoms with Gasteiger partial charge in [0.1, 0.15) is 6.10 Å². The van der Waals surface area contributed by atoms with Crippen molar-refractivity contribution < 1.29 is 14.3 Å². The summed E-state index contributed by atoms with van der Waals surface area (Å²) in [6.45, 7) is 1.49. The van der Waals surface area contributed by atoms with Crippen molar-refractivity contribution >= 4 is 5.91 Å². The summed E-state index contributed by atoms with van der Waals surface area (Å²) in [6.07, 6.45) is 5.26. The number of hydrogen-bond acceptors (Lipinski definition) is 5. The molecule has 2 aromatic rings. The zero-order valence-electron chi connectivity index (χ0n) is 14.0. The normalized spacial score (nSPS) is 22.6.